The Bertz CT molecular complexity index is 631. The summed E-state index contributed by atoms with van der Waals surface area (Å²) in [6.45, 7) is 0. The van der Waals surface area contributed by atoms with E-state index in [1.807, 2.05) is 0 Å². The molecule has 1 aromatic heterocycles. The second kappa shape index (κ2) is 4.83. The zero-order valence-corrected chi connectivity index (χ0v) is 9.57. The monoisotopic (exact) mass is 247 g/mol. The molecule has 1 N–H and O–H groups in total. The number of H-pyrrole nitrogens is 1. The van der Waals surface area contributed by atoms with Crippen molar-refractivity contribution < 1.29 is 13.9 Å². The average Bonchev–Trinajstić information content (AvgIpc) is 2.39. The number of aromatic nitrogens is 1. The van der Waals surface area contributed by atoms with E-state index in [4.69, 9.17) is 0 Å². The number of hydrogen-bond donors (Lipinski definition) is 1. The summed E-state index contributed by atoms with van der Waals surface area (Å²) in [5, 5.41) is 0. The predicted molar refractivity (Wildman–Crippen MR) is 63.8 cm³/mol. The molecule has 0 spiro atoms. The minimum absolute atomic E-state index is 0.0840. The van der Waals surface area contributed by atoms with Gasteiger partial charge in [0.25, 0.3) is 0 Å². The number of benzene rings is 1. The van der Waals surface area contributed by atoms with Gasteiger partial charge in [0.1, 0.15) is 11.4 Å². The first kappa shape index (κ1) is 12.0. The number of carbonyl (C=O) groups is 1. The van der Waals surface area contributed by atoms with Crippen LogP contribution in [0, 0.1) is 5.82 Å². The fourth-order valence-corrected chi connectivity index (χ4v) is 1.59. The fraction of sp³-hybridized carbons (Fsp3) is 0.0769. The highest BCUT2D eigenvalue weighted by Gasteiger charge is 2.14. The van der Waals surface area contributed by atoms with Crippen molar-refractivity contribution in [1.82, 2.24) is 4.98 Å². The maximum Gasteiger partial charge on any atom is 0.343 e. The predicted octanol–water partition coefficient (Wildman–Crippen LogP) is 1.97. The number of ether oxygens (including phenoxy) is 1. The molecule has 0 aliphatic carbocycles. The zero-order valence-electron chi connectivity index (χ0n) is 9.57. The lowest BCUT2D eigenvalue weighted by Gasteiger charge is -2.03. The Morgan fingerprint density at radius 2 is 1.89 bits per heavy atom. The van der Waals surface area contributed by atoms with Crippen LogP contribution in [0.1, 0.15) is 10.4 Å². The maximum absolute atomic E-state index is 12.8. The van der Waals surface area contributed by atoms with Crippen LogP contribution < -0.4 is 5.43 Å². The van der Waals surface area contributed by atoms with Gasteiger partial charge in [-0.2, -0.15) is 0 Å². The van der Waals surface area contributed by atoms with Crippen LogP contribution in [-0.4, -0.2) is 18.1 Å². The molecule has 0 amide bonds. The molecule has 1 aromatic carbocycles. The van der Waals surface area contributed by atoms with Gasteiger partial charge in [-0.25, -0.2) is 9.18 Å². The Labute approximate surface area is 102 Å². The average molecular weight is 247 g/mol. The van der Waals surface area contributed by atoms with Crippen molar-refractivity contribution in [3.63, 3.8) is 0 Å². The highest BCUT2D eigenvalue weighted by atomic mass is 19.1. The summed E-state index contributed by atoms with van der Waals surface area (Å²) in [7, 11) is 1.20. The molecule has 0 aliphatic heterocycles. The number of methoxy groups -OCH3 is 1. The first-order valence-corrected chi connectivity index (χ1v) is 5.19. The molecule has 0 unspecified atom stereocenters. The van der Waals surface area contributed by atoms with E-state index in [9.17, 15) is 14.0 Å². The number of halogens is 1. The van der Waals surface area contributed by atoms with E-state index < -0.39 is 11.4 Å². The van der Waals surface area contributed by atoms with Crippen molar-refractivity contribution in [2.75, 3.05) is 7.11 Å². The fourth-order valence-electron chi connectivity index (χ4n) is 1.59. The van der Waals surface area contributed by atoms with Gasteiger partial charge in [-0.3, -0.25) is 4.79 Å². The zero-order chi connectivity index (χ0) is 13.1. The topological polar surface area (TPSA) is 59.2 Å². The second-order valence-corrected chi connectivity index (χ2v) is 3.61. The molecule has 4 nitrogen and oxygen atoms in total. The third-order valence-corrected chi connectivity index (χ3v) is 2.51. The summed E-state index contributed by atoms with van der Waals surface area (Å²) in [5.74, 6) is -1.10. The van der Waals surface area contributed by atoms with Crippen molar-refractivity contribution in [1.29, 1.82) is 0 Å². The standard InChI is InChI=1S/C13H10FNO3/c1-18-13(17)11-7-15-6-10(12(11)16)8-2-4-9(14)5-3-8/h2-7H,1H3,(H,15,16). The highest BCUT2D eigenvalue weighted by molar-refractivity contribution is 5.90. The number of aromatic amines is 1. The summed E-state index contributed by atoms with van der Waals surface area (Å²) in [6, 6.07) is 5.45. The SMILES string of the molecule is COC(=O)c1c[nH]cc(-c2ccc(F)cc2)c1=O. The molecule has 18 heavy (non-hydrogen) atoms. The molecule has 2 rings (SSSR count). The van der Waals surface area contributed by atoms with Crippen LogP contribution in [-0.2, 0) is 4.74 Å². The van der Waals surface area contributed by atoms with Gasteiger partial charge in [-0.1, -0.05) is 12.1 Å². The Morgan fingerprint density at radius 1 is 1.22 bits per heavy atom. The molecule has 0 saturated heterocycles. The first-order valence-electron chi connectivity index (χ1n) is 5.19. The number of pyridine rings is 1. The lowest BCUT2D eigenvalue weighted by Crippen LogP contribution is -2.18. The molecule has 5 heteroatoms. The van der Waals surface area contributed by atoms with E-state index in [2.05, 4.69) is 9.72 Å². The normalized spacial score (nSPS) is 10.1. The summed E-state index contributed by atoms with van der Waals surface area (Å²) in [5.41, 5.74) is 0.285. The van der Waals surface area contributed by atoms with Crippen LogP contribution in [0.25, 0.3) is 11.1 Å². The summed E-state index contributed by atoms with van der Waals surface area (Å²) in [4.78, 5) is 26.1. The third-order valence-electron chi connectivity index (χ3n) is 2.51. The van der Waals surface area contributed by atoms with Gasteiger partial charge in [0.05, 0.1) is 7.11 Å². The van der Waals surface area contributed by atoms with Crippen molar-refractivity contribution in [2.24, 2.45) is 0 Å². The van der Waals surface area contributed by atoms with Gasteiger partial charge in [0.2, 0.25) is 5.43 Å². The molecule has 0 saturated carbocycles. The van der Waals surface area contributed by atoms with E-state index in [1.165, 1.54) is 43.8 Å². The quantitative estimate of drug-likeness (QED) is 0.825. The first-order chi connectivity index (χ1) is 8.63. The van der Waals surface area contributed by atoms with Crippen molar-refractivity contribution in [3.05, 3.63) is 58.3 Å². The lowest BCUT2D eigenvalue weighted by atomic mass is 10.1. The smallest absolute Gasteiger partial charge is 0.343 e. The van der Waals surface area contributed by atoms with Gasteiger partial charge in [-0.15, -0.1) is 0 Å². The molecule has 0 bridgehead atoms. The van der Waals surface area contributed by atoms with Gasteiger partial charge >= 0.3 is 5.97 Å². The summed E-state index contributed by atoms with van der Waals surface area (Å²) < 4.78 is 17.3. The number of carbonyl (C=O) groups excluding carboxylic acids is 1. The van der Waals surface area contributed by atoms with Crippen LogP contribution in [0.4, 0.5) is 4.39 Å². The Balaban J connectivity index is 2.56. The largest absolute Gasteiger partial charge is 0.465 e. The Kier molecular flexibility index (Phi) is 3.23. The van der Waals surface area contributed by atoms with Crippen molar-refractivity contribution in [2.45, 2.75) is 0 Å². The minimum Gasteiger partial charge on any atom is -0.465 e. The molecule has 0 aliphatic rings. The number of hydrogen-bond acceptors (Lipinski definition) is 3. The maximum atomic E-state index is 12.8. The van der Waals surface area contributed by atoms with E-state index in [0.29, 0.717) is 5.56 Å². The van der Waals surface area contributed by atoms with Gasteiger partial charge in [0.15, 0.2) is 0 Å². The van der Waals surface area contributed by atoms with Crippen LogP contribution in [0.15, 0.2) is 41.5 Å². The van der Waals surface area contributed by atoms with Gasteiger partial charge in [0, 0.05) is 18.0 Å². The van der Waals surface area contributed by atoms with Crippen LogP contribution in [0.2, 0.25) is 0 Å². The van der Waals surface area contributed by atoms with Gasteiger partial charge in [-0.05, 0) is 17.7 Å². The van der Waals surface area contributed by atoms with E-state index in [1.54, 1.807) is 0 Å². The molecule has 0 atom stereocenters. The molecule has 0 radical (unpaired) electrons. The Morgan fingerprint density at radius 3 is 2.50 bits per heavy atom. The van der Waals surface area contributed by atoms with Crippen molar-refractivity contribution in [3.8, 4) is 11.1 Å². The molecule has 1 heterocycles. The van der Waals surface area contributed by atoms with Crippen LogP contribution >= 0.6 is 0 Å². The van der Waals surface area contributed by atoms with Crippen molar-refractivity contribution >= 4 is 5.97 Å². The summed E-state index contributed by atoms with van der Waals surface area (Å²) >= 11 is 0. The molecular weight excluding hydrogens is 237 g/mol. The Hall–Kier alpha value is -2.43. The molecular formula is C13H10FNO3. The third kappa shape index (κ3) is 2.15. The second-order valence-electron chi connectivity index (χ2n) is 3.61. The van der Waals surface area contributed by atoms with Crippen LogP contribution in [0.3, 0.4) is 0 Å². The van der Waals surface area contributed by atoms with Gasteiger partial charge < -0.3 is 9.72 Å². The summed E-state index contributed by atoms with van der Waals surface area (Å²) in [6.07, 6.45) is 2.74. The minimum atomic E-state index is -0.708. The highest BCUT2D eigenvalue weighted by Crippen LogP contribution is 2.15. The van der Waals surface area contributed by atoms with E-state index in [-0.39, 0.29) is 16.9 Å². The molecule has 2 aromatic rings. The number of esters is 1. The number of nitrogens with one attached hydrogen (secondary N) is 1. The molecule has 0 fully saturated rings. The number of rotatable bonds is 2. The molecule has 92 valence electrons. The van der Waals surface area contributed by atoms with E-state index >= 15 is 0 Å². The lowest BCUT2D eigenvalue weighted by molar-refractivity contribution is 0.0599. The van der Waals surface area contributed by atoms with Crippen LogP contribution in [0.5, 0.6) is 0 Å². The van der Waals surface area contributed by atoms with E-state index in [0.717, 1.165) is 0 Å².